The van der Waals surface area contributed by atoms with Crippen molar-refractivity contribution in [3.8, 4) is 22.4 Å². The SMILES string of the molecule is CCC(C)c1ccc(-c2cc(C)cc(C)c2)cc1-c1nccc(C)c1C. The molecule has 1 nitrogen and oxygen atoms in total. The third kappa shape index (κ3) is 3.58. The molecule has 0 saturated heterocycles. The summed E-state index contributed by atoms with van der Waals surface area (Å²) in [7, 11) is 0. The zero-order chi connectivity index (χ0) is 18.8. The van der Waals surface area contributed by atoms with E-state index >= 15 is 0 Å². The van der Waals surface area contributed by atoms with Crippen LogP contribution in [-0.2, 0) is 0 Å². The minimum Gasteiger partial charge on any atom is -0.256 e. The summed E-state index contributed by atoms with van der Waals surface area (Å²) >= 11 is 0. The van der Waals surface area contributed by atoms with E-state index in [2.05, 4.69) is 84.0 Å². The summed E-state index contributed by atoms with van der Waals surface area (Å²) in [6.07, 6.45) is 3.06. The molecule has 0 aliphatic carbocycles. The second-order valence-electron chi connectivity index (χ2n) is 7.59. The molecule has 0 aliphatic rings. The standard InChI is InChI=1S/C25H29N/c1-7-18(4)23-9-8-21(22-13-16(2)12-17(3)14-22)15-24(23)25-20(6)19(5)10-11-26-25/h8-15,18H,7H2,1-6H3. The minimum absolute atomic E-state index is 0.514. The molecular formula is C25H29N. The van der Waals surface area contributed by atoms with Crippen molar-refractivity contribution in [1.82, 2.24) is 4.98 Å². The van der Waals surface area contributed by atoms with Gasteiger partial charge in [0.25, 0.3) is 0 Å². The van der Waals surface area contributed by atoms with Gasteiger partial charge in [-0.15, -0.1) is 0 Å². The fourth-order valence-electron chi connectivity index (χ4n) is 3.64. The van der Waals surface area contributed by atoms with Crippen LogP contribution in [0.25, 0.3) is 22.4 Å². The Hall–Kier alpha value is -2.41. The lowest BCUT2D eigenvalue weighted by atomic mass is 9.87. The topological polar surface area (TPSA) is 12.9 Å². The van der Waals surface area contributed by atoms with Crippen molar-refractivity contribution >= 4 is 0 Å². The number of benzene rings is 2. The maximum atomic E-state index is 4.76. The Bertz CT molecular complexity index is 917. The third-order valence-corrected chi connectivity index (χ3v) is 5.48. The van der Waals surface area contributed by atoms with Crippen LogP contribution in [0.4, 0.5) is 0 Å². The number of aromatic nitrogens is 1. The van der Waals surface area contributed by atoms with Crippen LogP contribution in [0, 0.1) is 27.7 Å². The molecule has 134 valence electrons. The number of nitrogens with zero attached hydrogens (tertiary/aromatic N) is 1. The van der Waals surface area contributed by atoms with E-state index in [1.165, 1.54) is 44.5 Å². The quantitative estimate of drug-likeness (QED) is 0.489. The molecule has 3 rings (SSSR count). The van der Waals surface area contributed by atoms with Crippen LogP contribution in [0.2, 0.25) is 0 Å². The smallest absolute Gasteiger partial charge is 0.0736 e. The Morgan fingerprint density at radius 1 is 0.846 bits per heavy atom. The average molecular weight is 344 g/mol. The molecule has 0 aliphatic heterocycles. The van der Waals surface area contributed by atoms with Gasteiger partial charge in [-0.3, -0.25) is 4.98 Å². The number of pyridine rings is 1. The van der Waals surface area contributed by atoms with E-state index in [4.69, 9.17) is 4.98 Å². The fourth-order valence-corrected chi connectivity index (χ4v) is 3.64. The normalized spacial score (nSPS) is 12.2. The van der Waals surface area contributed by atoms with Gasteiger partial charge in [0.05, 0.1) is 5.69 Å². The van der Waals surface area contributed by atoms with Crippen LogP contribution < -0.4 is 0 Å². The Balaban J connectivity index is 2.24. The van der Waals surface area contributed by atoms with Gasteiger partial charge in [0.1, 0.15) is 0 Å². The monoisotopic (exact) mass is 343 g/mol. The number of aryl methyl sites for hydroxylation is 3. The molecule has 1 atom stereocenters. The van der Waals surface area contributed by atoms with Crippen molar-refractivity contribution in [2.24, 2.45) is 0 Å². The first-order valence-corrected chi connectivity index (χ1v) is 9.56. The molecule has 1 aromatic heterocycles. The molecule has 1 heterocycles. The van der Waals surface area contributed by atoms with Crippen LogP contribution in [0.5, 0.6) is 0 Å². The predicted molar refractivity (Wildman–Crippen MR) is 113 cm³/mol. The fraction of sp³-hybridized carbons (Fsp3) is 0.320. The number of hydrogen-bond acceptors (Lipinski definition) is 1. The first kappa shape index (κ1) is 18.4. The van der Waals surface area contributed by atoms with Crippen LogP contribution in [0.1, 0.15) is 54.0 Å². The van der Waals surface area contributed by atoms with Crippen LogP contribution in [-0.4, -0.2) is 4.98 Å². The lowest BCUT2D eigenvalue weighted by Crippen LogP contribution is -2.00. The zero-order valence-corrected chi connectivity index (χ0v) is 16.9. The molecule has 2 aromatic carbocycles. The largest absolute Gasteiger partial charge is 0.256 e. The minimum atomic E-state index is 0.514. The van der Waals surface area contributed by atoms with E-state index in [9.17, 15) is 0 Å². The van der Waals surface area contributed by atoms with Gasteiger partial charge in [0, 0.05) is 11.8 Å². The van der Waals surface area contributed by atoms with Crippen molar-refractivity contribution in [1.29, 1.82) is 0 Å². The molecule has 0 N–H and O–H groups in total. The van der Waals surface area contributed by atoms with E-state index in [0.29, 0.717) is 5.92 Å². The highest BCUT2D eigenvalue weighted by atomic mass is 14.7. The highest BCUT2D eigenvalue weighted by Crippen LogP contribution is 2.36. The van der Waals surface area contributed by atoms with Gasteiger partial charge in [0.2, 0.25) is 0 Å². The maximum absolute atomic E-state index is 4.76. The van der Waals surface area contributed by atoms with Gasteiger partial charge >= 0.3 is 0 Å². The highest BCUT2D eigenvalue weighted by molar-refractivity contribution is 5.76. The third-order valence-electron chi connectivity index (χ3n) is 5.48. The first-order chi connectivity index (χ1) is 12.4. The molecule has 1 heteroatoms. The molecule has 0 radical (unpaired) electrons. The second-order valence-corrected chi connectivity index (χ2v) is 7.59. The summed E-state index contributed by atoms with van der Waals surface area (Å²) in [5.41, 5.74) is 11.5. The molecule has 0 amide bonds. The van der Waals surface area contributed by atoms with Crippen molar-refractivity contribution < 1.29 is 0 Å². The van der Waals surface area contributed by atoms with Crippen molar-refractivity contribution in [2.75, 3.05) is 0 Å². The Morgan fingerprint density at radius 2 is 1.54 bits per heavy atom. The summed E-state index contributed by atoms with van der Waals surface area (Å²) in [4.78, 5) is 4.76. The lowest BCUT2D eigenvalue weighted by molar-refractivity contribution is 0.735. The van der Waals surface area contributed by atoms with E-state index < -0.39 is 0 Å². The average Bonchev–Trinajstić information content (AvgIpc) is 2.62. The van der Waals surface area contributed by atoms with E-state index in [1.54, 1.807) is 0 Å². The number of rotatable bonds is 4. The molecule has 1 unspecified atom stereocenters. The van der Waals surface area contributed by atoms with Gasteiger partial charge in [-0.05, 0) is 80.0 Å². The van der Waals surface area contributed by atoms with Crippen LogP contribution in [0.15, 0.2) is 48.7 Å². The van der Waals surface area contributed by atoms with Gasteiger partial charge in [-0.25, -0.2) is 0 Å². The predicted octanol–water partition coefficient (Wildman–Crippen LogP) is 7.16. The highest BCUT2D eigenvalue weighted by Gasteiger charge is 2.16. The summed E-state index contributed by atoms with van der Waals surface area (Å²) in [6.45, 7) is 13.2. The van der Waals surface area contributed by atoms with E-state index in [-0.39, 0.29) is 0 Å². The van der Waals surface area contributed by atoms with Crippen molar-refractivity contribution in [2.45, 2.75) is 53.9 Å². The molecule has 0 bridgehead atoms. The molecule has 0 fully saturated rings. The lowest BCUT2D eigenvalue weighted by Gasteiger charge is -2.18. The van der Waals surface area contributed by atoms with Gasteiger partial charge in [0.15, 0.2) is 0 Å². The molecule has 3 aromatic rings. The molecule has 0 saturated carbocycles. The van der Waals surface area contributed by atoms with Crippen LogP contribution in [0.3, 0.4) is 0 Å². The van der Waals surface area contributed by atoms with Gasteiger partial charge in [-0.2, -0.15) is 0 Å². The van der Waals surface area contributed by atoms with Crippen molar-refractivity contribution in [3.05, 3.63) is 76.5 Å². The van der Waals surface area contributed by atoms with E-state index in [0.717, 1.165) is 12.1 Å². The Morgan fingerprint density at radius 3 is 2.19 bits per heavy atom. The van der Waals surface area contributed by atoms with Crippen LogP contribution >= 0.6 is 0 Å². The molecule has 0 spiro atoms. The summed E-state index contributed by atoms with van der Waals surface area (Å²) < 4.78 is 0. The summed E-state index contributed by atoms with van der Waals surface area (Å²) in [5, 5.41) is 0. The van der Waals surface area contributed by atoms with Gasteiger partial charge < -0.3 is 0 Å². The first-order valence-electron chi connectivity index (χ1n) is 9.56. The van der Waals surface area contributed by atoms with Gasteiger partial charge in [-0.1, -0.05) is 55.3 Å². The Labute approximate surface area is 158 Å². The summed E-state index contributed by atoms with van der Waals surface area (Å²) in [5.74, 6) is 0.514. The van der Waals surface area contributed by atoms with Crippen molar-refractivity contribution in [3.63, 3.8) is 0 Å². The van der Waals surface area contributed by atoms with E-state index in [1.807, 2.05) is 6.20 Å². The summed E-state index contributed by atoms with van der Waals surface area (Å²) in [6, 6.07) is 15.8. The number of hydrogen-bond donors (Lipinski definition) is 0. The molecular weight excluding hydrogens is 314 g/mol. The Kier molecular flexibility index (Phi) is 5.27. The molecule has 26 heavy (non-hydrogen) atoms. The maximum Gasteiger partial charge on any atom is 0.0736 e. The second kappa shape index (κ2) is 7.45. The zero-order valence-electron chi connectivity index (χ0n) is 16.9.